The molecule has 24 heavy (non-hydrogen) atoms. The zero-order chi connectivity index (χ0) is 17.5. The van der Waals surface area contributed by atoms with Crippen LogP contribution in [-0.4, -0.2) is 51.4 Å². The van der Waals surface area contributed by atoms with Gasteiger partial charge in [-0.05, 0) is 6.07 Å². The van der Waals surface area contributed by atoms with Crippen molar-refractivity contribution in [2.45, 2.75) is 24.9 Å². The lowest BCUT2D eigenvalue weighted by Crippen LogP contribution is -2.53. The number of methoxy groups -OCH3 is 2. The van der Waals surface area contributed by atoms with Gasteiger partial charge in [0, 0.05) is 32.0 Å². The van der Waals surface area contributed by atoms with E-state index in [1.807, 2.05) is 0 Å². The first-order chi connectivity index (χ1) is 11.3. The minimum Gasteiger partial charge on any atom is -0.493 e. The molecule has 1 aromatic carbocycles. The number of ketones is 1. The maximum absolute atomic E-state index is 12.6. The van der Waals surface area contributed by atoms with Crippen LogP contribution in [-0.2, 0) is 10.2 Å². The number of rotatable bonds is 3. The number of carbonyl (C=O) groups excluding carboxylic acids is 1. The molecule has 0 radical (unpaired) electrons. The topological polar surface area (TPSA) is 108 Å². The summed E-state index contributed by atoms with van der Waals surface area (Å²) in [6.45, 7) is 0.462. The van der Waals surface area contributed by atoms with Crippen LogP contribution in [0.3, 0.4) is 0 Å². The first-order valence-corrected chi connectivity index (χ1v) is 9.04. The maximum Gasteiger partial charge on any atom is 0.276 e. The number of hydrogen-bond donors (Lipinski definition) is 1. The van der Waals surface area contributed by atoms with Crippen LogP contribution in [0.5, 0.6) is 17.2 Å². The van der Waals surface area contributed by atoms with Crippen LogP contribution in [0.15, 0.2) is 12.1 Å². The quantitative estimate of drug-likeness (QED) is 0.854. The van der Waals surface area contributed by atoms with Crippen molar-refractivity contribution in [3.63, 3.8) is 0 Å². The average Bonchev–Trinajstić information content (AvgIpc) is 2.53. The monoisotopic (exact) mass is 356 g/mol. The molecule has 2 heterocycles. The van der Waals surface area contributed by atoms with E-state index in [4.69, 9.17) is 19.3 Å². The molecular formula is C15H20N2O6S. The number of ether oxygens (including phenoxy) is 3. The van der Waals surface area contributed by atoms with Gasteiger partial charge in [0.25, 0.3) is 10.2 Å². The SMILES string of the molecule is COc1cc2c(cc1OC)C(=O)CC1(CCN(S(N)(=O)=O)CC1)O2. The second kappa shape index (κ2) is 5.91. The van der Waals surface area contributed by atoms with E-state index >= 15 is 0 Å². The summed E-state index contributed by atoms with van der Waals surface area (Å²) in [6, 6.07) is 3.25. The van der Waals surface area contributed by atoms with Gasteiger partial charge in [-0.15, -0.1) is 0 Å². The Kier molecular flexibility index (Phi) is 4.18. The van der Waals surface area contributed by atoms with Gasteiger partial charge in [-0.25, -0.2) is 5.14 Å². The normalized spacial score (nSPS) is 20.4. The third-order valence-corrected chi connectivity index (χ3v) is 5.67. The van der Waals surface area contributed by atoms with Crippen LogP contribution in [0.1, 0.15) is 29.6 Å². The number of carbonyl (C=O) groups is 1. The molecule has 3 rings (SSSR count). The molecule has 0 atom stereocenters. The Bertz CT molecular complexity index is 768. The van der Waals surface area contributed by atoms with Crippen LogP contribution in [0.2, 0.25) is 0 Å². The number of nitrogens with zero attached hydrogens (tertiary/aromatic N) is 1. The summed E-state index contributed by atoms with van der Waals surface area (Å²) < 4.78 is 40.7. The average molecular weight is 356 g/mol. The van der Waals surface area contributed by atoms with E-state index in [0.29, 0.717) is 35.7 Å². The minimum absolute atomic E-state index is 0.0544. The lowest BCUT2D eigenvalue weighted by atomic mass is 9.83. The molecule has 9 heteroatoms. The van der Waals surface area contributed by atoms with Gasteiger partial charge in [-0.3, -0.25) is 4.79 Å². The minimum atomic E-state index is -3.72. The molecule has 2 aliphatic rings. The molecule has 0 amide bonds. The number of benzene rings is 1. The fraction of sp³-hybridized carbons (Fsp3) is 0.533. The molecule has 1 fully saturated rings. The maximum atomic E-state index is 12.6. The predicted molar refractivity (Wildman–Crippen MR) is 85.8 cm³/mol. The fourth-order valence-electron chi connectivity index (χ4n) is 3.25. The van der Waals surface area contributed by atoms with Crippen LogP contribution in [0.25, 0.3) is 0 Å². The number of piperidine rings is 1. The summed E-state index contributed by atoms with van der Waals surface area (Å²) >= 11 is 0. The van der Waals surface area contributed by atoms with Crippen LogP contribution in [0, 0.1) is 0 Å². The predicted octanol–water partition coefficient (Wildman–Crippen LogP) is 0.707. The van der Waals surface area contributed by atoms with Crippen molar-refractivity contribution in [3.8, 4) is 17.2 Å². The van der Waals surface area contributed by atoms with E-state index in [-0.39, 0.29) is 25.3 Å². The Morgan fingerprint density at radius 1 is 1.17 bits per heavy atom. The van der Waals surface area contributed by atoms with Gasteiger partial charge < -0.3 is 14.2 Å². The zero-order valence-corrected chi connectivity index (χ0v) is 14.4. The smallest absolute Gasteiger partial charge is 0.276 e. The van der Waals surface area contributed by atoms with E-state index < -0.39 is 15.8 Å². The highest BCUT2D eigenvalue weighted by Crippen LogP contribution is 2.43. The van der Waals surface area contributed by atoms with E-state index in [9.17, 15) is 13.2 Å². The Hall–Kier alpha value is -1.84. The molecule has 0 aromatic heterocycles. The van der Waals surface area contributed by atoms with Crippen molar-refractivity contribution in [2.24, 2.45) is 5.14 Å². The molecule has 8 nitrogen and oxygen atoms in total. The molecule has 1 aromatic rings. The van der Waals surface area contributed by atoms with Crippen molar-refractivity contribution in [2.75, 3.05) is 27.3 Å². The van der Waals surface area contributed by atoms with Crippen molar-refractivity contribution in [1.29, 1.82) is 0 Å². The highest BCUT2D eigenvalue weighted by Gasteiger charge is 2.44. The van der Waals surface area contributed by atoms with E-state index in [1.54, 1.807) is 12.1 Å². The number of fused-ring (bicyclic) bond motifs is 1. The Morgan fingerprint density at radius 2 is 1.75 bits per heavy atom. The lowest BCUT2D eigenvalue weighted by Gasteiger charge is -2.43. The van der Waals surface area contributed by atoms with Crippen LogP contribution < -0.4 is 19.3 Å². The molecule has 1 saturated heterocycles. The Morgan fingerprint density at radius 3 is 2.29 bits per heavy atom. The largest absolute Gasteiger partial charge is 0.493 e. The molecule has 0 unspecified atom stereocenters. The molecule has 1 spiro atoms. The summed E-state index contributed by atoms with van der Waals surface area (Å²) in [5, 5.41) is 5.16. The first-order valence-electron chi connectivity index (χ1n) is 7.54. The highest BCUT2D eigenvalue weighted by molar-refractivity contribution is 7.86. The molecule has 0 bridgehead atoms. The van der Waals surface area contributed by atoms with Gasteiger partial charge in [0.15, 0.2) is 17.3 Å². The van der Waals surface area contributed by atoms with E-state index in [2.05, 4.69) is 0 Å². The summed E-state index contributed by atoms with van der Waals surface area (Å²) in [6.07, 6.45) is 1.01. The lowest BCUT2D eigenvalue weighted by molar-refractivity contribution is 0.00570. The summed E-state index contributed by atoms with van der Waals surface area (Å²) in [5.41, 5.74) is -0.252. The summed E-state index contributed by atoms with van der Waals surface area (Å²) in [5.74, 6) is 1.32. The molecular weight excluding hydrogens is 336 g/mol. The van der Waals surface area contributed by atoms with Gasteiger partial charge in [0.2, 0.25) is 0 Å². The molecule has 0 saturated carbocycles. The van der Waals surface area contributed by atoms with E-state index in [0.717, 1.165) is 0 Å². The molecule has 2 aliphatic heterocycles. The standard InChI is InChI=1S/C15H20N2O6S/c1-21-13-7-10-11(18)9-15(23-12(10)8-14(13)22-2)3-5-17(6-4-15)24(16,19)20/h7-8H,3-6,9H2,1-2H3,(H2,16,19,20). The third-order valence-electron chi connectivity index (χ3n) is 4.59. The molecule has 0 aliphatic carbocycles. The van der Waals surface area contributed by atoms with Crippen molar-refractivity contribution in [3.05, 3.63) is 17.7 Å². The Labute approximate surface area is 140 Å². The van der Waals surface area contributed by atoms with Crippen LogP contribution >= 0.6 is 0 Å². The van der Waals surface area contributed by atoms with Gasteiger partial charge in [-0.1, -0.05) is 0 Å². The summed E-state index contributed by atoms with van der Waals surface area (Å²) in [7, 11) is -0.707. The molecule has 2 N–H and O–H groups in total. The van der Waals surface area contributed by atoms with Crippen molar-refractivity contribution < 1.29 is 27.4 Å². The Balaban J connectivity index is 1.89. The molecule has 132 valence electrons. The van der Waals surface area contributed by atoms with E-state index in [1.165, 1.54) is 18.5 Å². The second-order valence-electron chi connectivity index (χ2n) is 6.03. The van der Waals surface area contributed by atoms with Gasteiger partial charge in [0.05, 0.1) is 26.2 Å². The number of hydrogen-bond acceptors (Lipinski definition) is 6. The third kappa shape index (κ3) is 2.94. The summed E-state index contributed by atoms with van der Waals surface area (Å²) in [4.78, 5) is 12.6. The van der Waals surface area contributed by atoms with Crippen LogP contribution in [0.4, 0.5) is 0 Å². The fourth-order valence-corrected chi connectivity index (χ4v) is 3.94. The first kappa shape index (κ1) is 17.0. The second-order valence-corrected chi connectivity index (χ2v) is 7.58. The highest BCUT2D eigenvalue weighted by atomic mass is 32.2. The number of Topliss-reactive ketones (excluding diaryl/α,β-unsaturated/α-hetero) is 1. The van der Waals surface area contributed by atoms with Crippen molar-refractivity contribution in [1.82, 2.24) is 4.31 Å². The van der Waals surface area contributed by atoms with Crippen molar-refractivity contribution >= 4 is 16.0 Å². The van der Waals surface area contributed by atoms with Gasteiger partial charge in [0.1, 0.15) is 11.4 Å². The number of nitrogens with two attached hydrogens (primary N) is 1. The zero-order valence-electron chi connectivity index (χ0n) is 13.6. The van der Waals surface area contributed by atoms with Gasteiger partial charge >= 0.3 is 0 Å². The van der Waals surface area contributed by atoms with Gasteiger partial charge in [-0.2, -0.15) is 12.7 Å².